The molecule has 58 valence electrons. The number of carbonyl (C=O) groups is 1. The largest absolute Gasteiger partial charge is 0.350 e. The van der Waals surface area contributed by atoms with Gasteiger partial charge < -0.3 is 10.7 Å². The molecule has 0 spiro atoms. The molecule has 1 aromatic heterocycles. The second-order valence-electron chi connectivity index (χ2n) is 1.74. The molecule has 0 atom stereocenters. The average Bonchev–Trinajstić information content (AvgIpc) is 2.39. The number of nitrogens with two attached hydrogens (primary N) is 1. The lowest BCUT2D eigenvalue weighted by molar-refractivity contribution is 0.249. The van der Waals surface area contributed by atoms with Crippen LogP contribution in [0.2, 0.25) is 0 Å². The molecule has 11 heavy (non-hydrogen) atoms. The van der Waals surface area contributed by atoms with E-state index in [0.29, 0.717) is 5.69 Å². The Morgan fingerprint density at radius 2 is 2.73 bits per heavy atom. The number of urea groups is 1. The highest BCUT2D eigenvalue weighted by Crippen LogP contribution is 1.82. The summed E-state index contributed by atoms with van der Waals surface area (Å²) in [6, 6.07) is -0.694. The number of hydrogen-bond donors (Lipinski definition) is 3. The van der Waals surface area contributed by atoms with Gasteiger partial charge in [-0.2, -0.15) is 5.10 Å². The maximum Gasteiger partial charge on any atom is 0.332 e. The fourth-order valence-corrected chi connectivity index (χ4v) is 0.503. The van der Waals surface area contributed by atoms with E-state index in [9.17, 15) is 4.79 Å². The fourth-order valence-electron chi connectivity index (χ4n) is 0.503. The van der Waals surface area contributed by atoms with Gasteiger partial charge in [0.1, 0.15) is 0 Å². The Balaban J connectivity index is 2.43. The second-order valence-corrected chi connectivity index (χ2v) is 1.74. The van der Waals surface area contributed by atoms with Gasteiger partial charge in [0.05, 0.1) is 24.4 Å². The number of hydrazone groups is 1. The number of H-pyrrole nitrogens is 1. The number of rotatable bonds is 2. The van der Waals surface area contributed by atoms with Crippen LogP contribution in [-0.2, 0) is 0 Å². The summed E-state index contributed by atoms with van der Waals surface area (Å²) in [4.78, 5) is 16.6. The van der Waals surface area contributed by atoms with Crippen LogP contribution in [0.15, 0.2) is 17.6 Å². The van der Waals surface area contributed by atoms with Crippen LogP contribution < -0.4 is 11.2 Å². The number of imidazole rings is 1. The van der Waals surface area contributed by atoms with Crippen molar-refractivity contribution in [3.63, 3.8) is 0 Å². The zero-order valence-electron chi connectivity index (χ0n) is 5.61. The van der Waals surface area contributed by atoms with Crippen molar-refractivity contribution in [2.45, 2.75) is 0 Å². The van der Waals surface area contributed by atoms with E-state index in [4.69, 9.17) is 5.73 Å². The van der Waals surface area contributed by atoms with Gasteiger partial charge in [0.2, 0.25) is 0 Å². The van der Waals surface area contributed by atoms with Gasteiger partial charge in [-0.1, -0.05) is 0 Å². The minimum absolute atomic E-state index is 0.693. The predicted octanol–water partition coefficient (Wildman–Crippen LogP) is -0.588. The van der Waals surface area contributed by atoms with Gasteiger partial charge in [0.25, 0.3) is 0 Å². The van der Waals surface area contributed by atoms with Crippen molar-refractivity contribution in [3.05, 3.63) is 18.2 Å². The highest BCUT2D eigenvalue weighted by Gasteiger charge is 1.86. The summed E-state index contributed by atoms with van der Waals surface area (Å²) in [7, 11) is 0. The maximum atomic E-state index is 10.1. The molecule has 0 unspecified atom stereocenters. The van der Waals surface area contributed by atoms with Crippen molar-refractivity contribution in [1.82, 2.24) is 15.4 Å². The van der Waals surface area contributed by atoms with Crippen LogP contribution in [0.25, 0.3) is 0 Å². The second kappa shape index (κ2) is 3.35. The molecule has 0 aliphatic rings. The molecule has 1 rings (SSSR count). The Bertz CT molecular complexity index is 252. The van der Waals surface area contributed by atoms with E-state index in [1.54, 1.807) is 6.20 Å². The van der Waals surface area contributed by atoms with Gasteiger partial charge >= 0.3 is 6.03 Å². The van der Waals surface area contributed by atoms with Crippen molar-refractivity contribution in [1.29, 1.82) is 0 Å². The number of aromatic amines is 1. The summed E-state index contributed by atoms with van der Waals surface area (Å²) in [5, 5.41) is 3.49. The van der Waals surface area contributed by atoms with Crippen LogP contribution in [0.5, 0.6) is 0 Å². The van der Waals surface area contributed by atoms with E-state index >= 15 is 0 Å². The standard InChI is InChI=1S/C5H7N5O/c6-5(11)10-9-2-4-1-7-3-8-4/h1-3H,(H,7,8)(H3,6,10,11)/b9-2+. The van der Waals surface area contributed by atoms with Gasteiger partial charge in [0, 0.05) is 0 Å². The number of amides is 2. The Kier molecular flexibility index (Phi) is 2.21. The first-order valence-electron chi connectivity index (χ1n) is 2.86. The molecule has 1 aromatic rings. The number of carbonyl (C=O) groups excluding carboxylic acids is 1. The SMILES string of the molecule is NC(=O)N/N=C/c1cnc[nH]1. The monoisotopic (exact) mass is 153 g/mol. The molecule has 0 aliphatic carbocycles. The van der Waals surface area contributed by atoms with Crippen molar-refractivity contribution >= 4 is 12.2 Å². The van der Waals surface area contributed by atoms with Crippen LogP contribution in [0.3, 0.4) is 0 Å². The number of aromatic nitrogens is 2. The molecule has 0 radical (unpaired) electrons. The Morgan fingerprint density at radius 3 is 3.27 bits per heavy atom. The molecule has 4 N–H and O–H groups in total. The summed E-state index contributed by atoms with van der Waals surface area (Å²) in [5.74, 6) is 0. The number of hydrogen-bond acceptors (Lipinski definition) is 3. The van der Waals surface area contributed by atoms with Gasteiger partial charge in [-0.15, -0.1) is 0 Å². The minimum atomic E-state index is -0.694. The molecular weight excluding hydrogens is 146 g/mol. The average molecular weight is 153 g/mol. The molecule has 0 aromatic carbocycles. The summed E-state index contributed by atoms with van der Waals surface area (Å²) < 4.78 is 0. The number of primary amides is 1. The molecule has 1 heterocycles. The van der Waals surface area contributed by atoms with Crippen molar-refractivity contribution in [2.24, 2.45) is 10.8 Å². The maximum absolute atomic E-state index is 10.1. The molecule has 6 nitrogen and oxygen atoms in total. The third-order valence-corrected chi connectivity index (χ3v) is 0.898. The molecule has 6 heteroatoms. The minimum Gasteiger partial charge on any atom is -0.350 e. The van der Waals surface area contributed by atoms with E-state index in [0.717, 1.165) is 0 Å². The molecule has 0 fully saturated rings. The van der Waals surface area contributed by atoms with Crippen LogP contribution in [0, 0.1) is 0 Å². The van der Waals surface area contributed by atoms with E-state index in [1.165, 1.54) is 12.5 Å². The molecule has 0 bridgehead atoms. The molecule has 0 saturated carbocycles. The van der Waals surface area contributed by atoms with E-state index < -0.39 is 6.03 Å². The quantitative estimate of drug-likeness (QED) is 0.391. The Labute approximate surface area is 62.5 Å². The van der Waals surface area contributed by atoms with E-state index in [-0.39, 0.29) is 0 Å². The summed E-state index contributed by atoms with van der Waals surface area (Å²) in [6.07, 6.45) is 4.47. The first-order valence-corrected chi connectivity index (χ1v) is 2.86. The van der Waals surface area contributed by atoms with Gasteiger partial charge in [-0.3, -0.25) is 0 Å². The van der Waals surface area contributed by atoms with Crippen LogP contribution in [0.4, 0.5) is 4.79 Å². The summed E-state index contributed by atoms with van der Waals surface area (Å²) in [5.41, 5.74) is 7.48. The van der Waals surface area contributed by atoms with Crippen molar-refractivity contribution < 1.29 is 4.79 Å². The highest BCUT2D eigenvalue weighted by molar-refractivity contribution is 5.78. The lowest BCUT2D eigenvalue weighted by Crippen LogP contribution is -2.24. The zero-order chi connectivity index (χ0) is 8.10. The van der Waals surface area contributed by atoms with Crippen LogP contribution >= 0.6 is 0 Å². The Hall–Kier alpha value is -1.85. The van der Waals surface area contributed by atoms with E-state index in [2.05, 4.69) is 15.1 Å². The van der Waals surface area contributed by atoms with Gasteiger partial charge in [0.15, 0.2) is 0 Å². The number of nitrogens with zero attached hydrogens (tertiary/aromatic N) is 2. The highest BCUT2D eigenvalue weighted by atomic mass is 16.2. The van der Waals surface area contributed by atoms with Gasteiger partial charge in [-0.05, 0) is 0 Å². The molecule has 0 saturated heterocycles. The Morgan fingerprint density at radius 1 is 1.91 bits per heavy atom. The number of nitrogens with one attached hydrogen (secondary N) is 2. The lowest BCUT2D eigenvalue weighted by Gasteiger charge is -1.87. The topological polar surface area (TPSA) is 96.2 Å². The summed E-state index contributed by atoms with van der Waals surface area (Å²) >= 11 is 0. The van der Waals surface area contributed by atoms with E-state index in [1.807, 2.05) is 5.43 Å². The fraction of sp³-hybridized carbons (Fsp3) is 0. The summed E-state index contributed by atoms with van der Waals surface area (Å²) in [6.45, 7) is 0. The molecule has 2 amide bonds. The normalized spacial score (nSPS) is 10.2. The molecule has 0 aliphatic heterocycles. The lowest BCUT2D eigenvalue weighted by atomic mass is 10.5. The van der Waals surface area contributed by atoms with Crippen molar-refractivity contribution in [2.75, 3.05) is 0 Å². The first-order chi connectivity index (χ1) is 5.29. The van der Waals surface area contributed by atoms with Crippen molar-refractivity contribution in [3.8, 4) is 0 Å². The van der Waals surface area contributed by atoms with Crippen LogP contribution in [-0.4, -0.2) is 22.2 Å². The predicted molar refractivity (Wildman–Crippen MR) is 38.9 cm³/mol. The molecular formula is C5H7N5O. The van der Waals surface area contributed by atoms with Crippen LogP contribution in [0.1, 0.15) is 5.69 Å². The third-order valence-electron chi connectivity index (χ3n) is 0.898. The zero-order valence-corrected chi connectivity index (χ0v) is 5.61. The van der Waals surface area contributed by atoms with Gasteiger partial charge in [-0.25, -0.2) is 15.2 Å². The smallest absolute Gasteiger partial charge is 0.332 e. The first kappa shape index (κ1) is 7.26. The third kappa shape index (κ3) is 2.48.